The third kappa shape index (κ3) is 2.75. The Morgan fingerprint density at radius 1 is 1.00 bits per heavy atom. The van der Waals surface area contributed by atoms with Gasteiger partial charge < -0.3 is 10.1 Å². The summed E-state index contributed by atoms with van der Waals surface area (Å²) in [5.74, 6) is 0.852. The predicted octanol–water partition coefficient (Wildman–Crippen LogP) is 3.65. The van der Waals surface area contributed by atoms with Crippen LogP contribution in [0, 0.1) is 5.92 Å². The highest BCUT2D eigenvalue weighted by atomic mass is 16.5. The van der Waals surface area contributed by atoms with Gasteiger partial charge in [0.05, 0.1) is 11.7 Å². The molecule has 0 aromatic rings. The van der Waals surface area contributed by atoms with Crippen LogP contribution in [-0.4, -0.2) is 24.3 Å². The maximum Gasteiger partial charge on any atom is 0.0813 e. The summed E-state index contributed by atoms with van der Waals surface area (Å²) in [6, 6.07) is 0.646. The Bertz CT molecular complexity index is 280. The Balaban J connectivity index is 1.66. The summed E-state index contributed by atoms with van der Waals surface area (Å²) in [5, 5.41) is 3.84. The van der Waals surface area contributed by atoms with E-state index in [2.05, 4.69) is 12.2 Å². The van der Waals surface area contributed by atoms with Gasteiger partial charge in [-0.15, -0.1) is 0 Å². The maximum absolute atomic E-state index is 6.66. The van der Waals surface area contributed by atoms with Gasteiger partial charge in [0.15, 0.2) is 0 Å². The van der Waals surface area contributed by atoms with Crippen molar-refractivity contribution in [2.45, 2.75) is 88.9 Å². The van der Waals surface area contributed by atoms with Crippen LogP contribution < -0.4 is 5.32 Å². The van der Waals surface area contributed by atoms with Crippen LogP contribution in [0.15, 0.2) is 0 Å². The SMILES string of the molecule is CC1CCCC2(CNC3CCCCCCC3O2)C1. The van der Waals surface area contributed by atoms with Crippen LogP contribution in [0.3, 0.4) is 0 Å². The summed E-state index contributed by atoms with van der Waals surface area (Å²) < 4.78 is 6.66. The van der Waals surface area contributed by atoms with E-state index in [1.165, 1.54) is 64.2 Å². The van der Waals surface area contributed by atoms with Gasteiger partial charge in [-0.2, -0.15) is 0 Å². The molecule has 0 radical (unpaired) electrons. The van der Waals surface area contributed by atoms with E-state index in [9.17, 15) is 0 Å². The molecule has 0 aromatic heterocycles. The van der Waals surface area contributed by atoms with Gasteiger partial charge in [-0.25, -0.2) is 0 Å². The Kier molecular flexibility index (Phi) is 3.95. The van der Waals surface area contributed by atoms with Crippen LogP contribution in [-0.2, 0) is 4.74 Å². The number of hydrogen-bond acceptors (Lipinski definition) is 2. The summed E-state index contributed by atoms with van der Waals surface area (Å²) in [6.45, 7) is 3.51. The molecule has 1 saturated heterocycles. The van der Waals surface area contributed by atoms with Crippen LogP contribution >= 0.6 is 0 Å². The molecular weight excluding hydrogens is 222 g/mol. The highest BCUT2D eigenvalue weighted by molar-refractivity contribution is 4.97. The Morgan fingerprint density at radius 2 is 1.83 bits per heavy atom. The van der Waals surface area contributed by atoms with Crippen molar-refractivity contribution in [2.75, 3.05) is 6.54 Å². The van der Waals surface area contributed by atoms with Gasteiger partial charge in [0.25, 0.3) is 0 Å². The lowest BCUT2D eigenvalue weighted by molar-refractivity contribution is -0.162. The molecule has 4 atom stereocenters. The molecule has 3 fully saturated rings. The number of hydrogen-bond donors (Lipinski definition) is 1. The lowest BCUT2D eigenvalue weighted by Crippen LogP contribution is -2.60. The second-order valence-corrected chi connectivity index (χ2v) is 7.02. The fraction of sp³-hybridized carbons (Fsp3) is 1.00. The molecule has 1 heterocycles. The first-order valence-electron chi connectivity index (χ1n) is 8.19. The summed E-state index contributed by atoms with van der Waals surface area (Å²) in [5.41, 5.74) is 0.192. The average Bonchev–Trinajstić information content (AvgIpc) is 2.31. The normalized spacial score (nSPS) is 46.2. The molecule has 1 aliphatic heterocycles. The molecule has 2 heteroatoms. The molecule has 2 saturated carbocycles. The zero-order valence-corrected chi connectivity index (χ0v) is 11.9. The molecule has 0 bridgehead atoms. The van der Waals surface area contributed by atoms with Gasteiger partial charge in [-0.3, -0.25) is 0 Å². The largest absolute Gasteiger partial charge is 0.369 e. The van der Waals surface area contributed by atoms with Crippen LogP contribution in [0.4, 0.5) is 0 Å². The van der Waals surface area contributed by atoms with E-state index in [1.807, 2.05) is 0 Å². The first kappa shape index (κ1) is 12.9. The van der Waals surface area contributed by atoms with Crippen molar-refractivity contribution in [1.82, 2.24) is 5.32 Å². The predicted molar refractivity (Wildman–Crippen MR) is 74.7 cm³/mol. The summed E-state index contributed by atoms with van der Waals surface area (Å²) in [6.07, 6.45) is 14.0. The van der Waals surface area contributed by atoms with Gasteiger partial charge in [-0.05, 0) is 31.6 Å². The second-order valence-electron chi connectivity index (χ2n) is 7.02. The van der Waals surface area contributed by atoms with Gasteiger partial charge in [0, 0.05) is 12.6 Å². The molecule has 1 N–H and O–H groups in total. The van der Waals surface area contributed by atoms with Crippen molar-refractivity contribution >= 4 is 0 Å². The standard InChI is InChI=1S/C16H29NO/c1-13-7-6-10-16(11-13)12-17-14-8-4-2-3-5-9-15(14)18-16/h13-15,17H,2-12H2,1H3. The van der Waals surface area contributed by atoms with Gasteiger partial charge in [0.2, 0.25) is 0 Å². The molecule has 2 nitrogen and oxygen atoms in total. The van der Waals surface area contributed by atoms with Crippen molar-refractivity contribution < 1.29 is 4.74 Å². The van der Waals surface area contributed by atoms with Gasteiger partial charge >= 0.3 is 0 Å². The van der Waals surface area contributed by atoms with E-state index in [4.69, 9.17) is 4.74 Å². The lowest BCUT2D eigenvalue weighted by atomic mass is 9.77. The van der Waals surface area contributed by atoms with E-state index in [-0.39, 0.29) is 5.60 Å². The quantitative estimate of drug-likeness (QED) is 0.709. The number of ether oxygens (including phenoxy) is 1. The van der Waals surface area contributed by atoms with Gasteiger partial charge in [-0.1, -0.05) is 45.4 Å². The van der Waals surface area contributed by atoms with Crippen molar-refractivity contribution in [3.05, 3.63) is 0 Å². The van der Waals surface area contributed by atoms with Crippen LogP contribution in [0.25, 0.3) is 0 Å². The first-order valence-corrected chi connectivity index (χ1v) is 8.19. The molecule has 104 valence electrons. The van der Waals surface area contributed by atoms with E-state index >= 15 is 0 Å². The molecule has 2 aliphatic carbocycles. The molecule has 0 aromatic carbocycles. The van der Waals surface area contributed by atoms with E-state index in [0.717, 1.165) is 12.5 Å². The Morgan fingerprint density at radius 3 is 2.67 bits per heavy atom. The van der Waals surface area contributed by atoms with Crippen LogP contribution in [0.2, 0.25) is 0 Å². The number of nitrogens with one attached hydrogen (secondary N) is 1. The molecule has 3 rings (SSSR count). The molecule has 18 heavy (non-hydrogen) atoms. The molecule has 3 aliphatic rings. The highest BCUT2D eigenvalue weighted by Gasteiger charge is 2.43. The van der Waals surface area contributed by atoms with E-state index in [0.29, 0.717) is 12.1 Å². The van der Waals surface area contributed by atoms with Crippen molar-refractivity contribution in [3.63, 3.8) is 0 Å². The van der Waals surface area contributed by atoms with Gasteiger partial charge in [0.1, 0.15) is 0 Å². The summed E-state index contributed by atoms with van der Waals surface area (Å²) in [7, 11) is 0. The van der Waals surface area contributed by atoms with Crippen LogP contribution in [0.5, 0.6) is 0 Å². The lowest BCUT2D eigenvalue weighted by Gasteiger charge is -2.49. The molecule has 4 unspecified atom stereocenters. The number of morpholine rings is 1. The number of fused-ring (bicyclic) bond motifs is 1. The summed E-state index contributed by atoms with van der Waals surface area (Å²) in [4.78, 5) is 0. The topological polar surface area (TPSA) is 21.3 Å². The first-order chi connectivity index (χ1) is 8.77. The van der Waals surface area contributed by atoms with Crippen molar-refractivity contribution in [2.24, 2.45) is 5.92 Å². The Hall–Kier alpha value is -0.0800. The molecular formula is C16H29NO. The van der Waals surface area contributed by atoms with Crippen LogP contribution in [0.1, 0.15) is 71.1 Å². The monoisotopic (exact) mass is 251 g/mol. The second kappa shape index (κ2) is 5.50. The average molecular weight is 251 g/mol. The zero-order chi connectivity index (χ0) is 12.4. The minimum atomic E-state index is 0.192. The van der Waals surface area contributed by atoms with E-state index in [1.54, 1.807) is 0 Å². The van der Waals surface area contributed by atoms with E-state index < -0.39 is 0 Å². The maximum atomic E-state index is 6.66. The van der Waals surface area contributed by atoms with Crippen molar-refractivity contribution in [3.8, 4) is 0 Å². The fourth-order valence-corrected chi connectivity index (χ4v) is 4.38. The minimum Gasteiger partial charge on any atom is -0.369 e. The minimum absolute atomic E-state index is 0.192. The molecule has 1 spiro atoms. The Labute approximate surface area is 112 Å². The third-order valence-corrected chi connectivity index (χ3v) is 5.34. The third-order valence-electron chi connectivity index (χ3n) is 5.34. The summed E-state index contributed by atoms with van der Waals surface area (Å²) >= 11 is 0. The fourth-order valence-electron chi connectivity index (χ4n) is 4.38. The van der Waals surface area contributed by atoms with Crippen molar-refractivity contribution in [1.29, 1.82) is 0 Å². The number of rotatable bonds is 0. The zero-order valence-electron chi connectivity index (χ0n) is 11.9. The highest BCUT2D eigenvalue weighted by Crippen LogP contribution is 2.39. The molecule has 0 amide bonds. The smallest absolute Gasteiger partial charge is 0.0813 e.